The summed E-state index contributed by atoms with van der Waals surface area (Å²) in [6, 6.07) is 3.70. The number of rotatable bonds is 7. The fourth-order valence-corrected chi connectivity index (χ4v) is 2.89. The number of carbonyl (C=O) groups excluding carboxylic acids is 1. The highest BCUT2D eigenvalue weighted by molar-refractivity contribution is 5.75. The lowest BCUT2D eigenvalue weighted by Crippen LogP contribution is -2.35. The zero-order valence-electron chi connectivity index (χ0n) is 15.1. The molecule has 26 heavy (non-hydrogen) atoms. The molecule has 1 saturated heterocycles. The molecule has 1 aliphatic heterocycles. The highest BCUT2D eigenvalue weighted by Gasteiger charge is 2.17. The van der Waals surface area contributed by atoms with Crippen LogP contribution in [0, 0.1) is 5.92 Å². The minimum absolute atomic E-state index is 0.0453. The number of hydrogen-bond acceptors (Lipinski definition) is 7. The number of hydrogen-bond donors (Lipinski definition) is 1. The standard InChI is InChI=1S/C18H25N5O3/c1-23-8-9-25-13-14(12-23)10-20-16(24)5-2-6-17-21-18(22-26-17)15-4-3-7-19-11-15/h3-4,7,11,14H,2,5-6,8-10,12-13H2,1H3,(H,20,24)/t14-/m1/s1. The maximum absolute atomic E-state index is 12.0. The van der Waals surface area contributed by atoms with Crippen molar-refractivity contribution in [3.05, 3.63) is 30.4 Å². The van der Waals surface area contributed by atoms with Crippen LogP contribution in [0.3, 0.4) is 0 Å². The van der Waals surface area contributed by atoms with E-state index in [0.717, 1.165) is 25.3 Å². The van der Waals surface area contributed by atoms with E-state index in [1.54, 1.807) is 12.4 Å². The Morgan fingerprint density at radius 2 is 2.38 bits per heavy atom. The molecular weight excluding hydrogens is 334 g/mol. The molecule has 2 aromatic heterocycles. The Labute approximate surface area is 152 Å². The summed E-state index contributed by atoms with van der Waals surface area (Å²) in [5, 5.41) is 6.95. The Bertz CT molecular complexity index is 691. The first-order chi connectivity index (χ1) is 12.7. The van der Waals surface area contributed by atoms with Gasteiger partial charge in [0.2, 0.25) is 17.6 Å². The second-order valence-electron chi connectivity index (χ2n) is 6.61. The number of ether oxygens (including phenoxy) is 1. The maximum Gasteiger partial charge on any atom is 0.226 e. The lowest BCUT2D eigenvalue weighted by Gasteiger charge is -2.19. The zero-order valence-corrected chi connectivity index (χ0v) is 15.1. The van der Waals surface area contributed by atoms with Gasteiger partial charge in [-0.3, -0.25) is 9.78 Å². The number of aryl methyl sites for hydroxylation is 1. The molecule has 0 saturated carbocycles. The van der Waals surface area contributed by atoms with Gasteiger partial charge in [-0.25, -0.2) is 0 Å². The fraction of sp³-hybridized carbons (Fsp3) is 0.556. The largest absolute Gasteiger partial charge is 0.380 e. The molecule has 8 heteroatoms. The van der Waals surface area contributed by atoms with Crippen LogP contribution in [-0.4, -0.2) is 65.8 Å². The first-order valence-corrected chi connectivity index (χ1v) is 8.96. The van der Waals surface area contributed by atoms with Crippen molar-refractivity contribution < 1.29 is 14.1 Å². The minimum atomic E-state index is 0.0453. The lowest BCUT2D eigenvalue weighted by molar-refractivity contribution is -0.121. The Kier molecular flexibility index (Phi) is 6.68. The molecule has 0 unspecified atom stereocenters. The molecule has 0 bridgehead atoms. The smallest absolute Gasteiger partial charge is 0.226 e. The van der Waals surface area contributed by atoms with Crippen LogP contribution < -0.4 is 5.32 Å². The molecule has 1 atom stereocenters. The number of pyridine rings is 1. The Morgan fingerprint density at radius 3 is 3.23 bits per heavy atom. The van der Waals surface area contributed by atoms with Gasteiger partial charge in [-0.2, -0.15) is 4.98 Å². The van der Waals surface area contributed by atoms with Gasteiger partial charge in [0.25, 0.3) is 0 Å². The minimum Gasteiger partial charge on any atom is -0.380 e. The molecular formula is C18H25N5O3. The molecule has 3 rings (SSSR count). The number of nitrogens with one attached hydrogen (secondary N) is 1. The van der Waals surface area contributed by atoms with Gasteiger partial charge in [0.15, 0.2) is 0 Å². The monoisotopic (exact) mass is 359 g/mol. The third-order valence-electron chi connectivity index (χ3n) is 4.31. The molecule has 1 amide bonds. The van der Waals surface area contributed by atoms with Crippen molar-refractivity contribution in [3.63, 3.8) is 0 Å². The SMILES string of the molecule is CN1CCOC[C@H](CNC(=O)CCCc2nc(-c3cccnc3)no2)C1. The summed E-state index contributed by atoms with van der Waals surface area (Å²) in [4.78, 5) is 22.6. The van der Waals surface area contributed by atoms with Crippen LogP contribution in [0.15, 0.2) is 29.0 Å². The topological polar surface area (TPSA) is 93.4 Å². The Hall–Kier alpha value is -2.32. The van der Waals surface area contributed by atoms with Gasteiger partial charge in [0.1, 0.15) is 0 Å². The average molecular weight is 359 g/mol. The molecule has 1 aliphatic rings. The van der Waals surface area contributed by atoms with Gasteiger partial charge in [0, 0.05) is 56.4 Å². The number of nitrogens with zero attached hydrogens (tertiary/aromatic N) is 4. The molecule has 1 N–H and O–H groups in total. The average Bonchev–Trinajstić information content (AvgIpc) is 3.02. The normalized spacial score (nSPS) is 18.4. The number of likely N-dealkylation sites (N-methyl/N-ethyl adjacent to an activating group) is 1. The summed E-state index contributed by atoms with van der Waals surface area (Å²) >= 11 is 0. The predicted octanol–water partition coefficient (Wildman–Crippen LogP) is 1.15. The lowest BCUT2D eigenvalue weighted by atomic mass is 10.1. The third-order valence-corrected chi connectivity index (χ3v) is 4.31. The van der Waals surface area contributed by atoms with Crippen LogP contribution in [0.4, 0.5) is 0 Å². The van der Waals surface area contributed by atoms with Crippen molar-refractivity contribution >= 4 is 5.91 Å². The number of amides is 1. The number of carbonyl (C=O) groups is 1. The van der Waals surface area contributed by atoms with Crippen molar-refractivity contribution in [1.82, 2.24) is 25.3 Å². The van der Waals surface area contributed by atoms with E-state index in [9.17, 15) is 4.79 Å². The molecule has 0 spiro atoms. The van der Waals surface area contributed by atoms with E-state index in [4.69, 9.17) is 9.26 Å². The summed E-state index contributed by atoms with van der Waals surface area (Å²) in [5.74, 6) is 1.44. The van der Waals surface area contributed by atoms with Gasteiger partial charge in [0.05, 0.1) is 13.2 Å². The quantitative estimate of drug-likeness (QED) is 0.792. The van der Waals surface area contributed by atoms with E-state index in [0.29, 0.717) is 50.0 Å². The van der Waals surface area contributed by atoms with Crippen LogP contribution in [0.5, 0.6) is 0 Å². The van der Waals surface area contributed by atoms with Crippen molar-refractivity contribution in [3.8, 4) is 11.4 Å². The highest BCUT2D eigenvalue weighted by atomic mass is 16.5. The van der Waals surface area contributed by atoms with Crippen LogP contribution in [0.2, 0.25) is 0 Å². The van der Waals surface area contributed by atoms with Crippen LogP contribution in [0.1, 0.15) is 18.7 Å². The van der Waals surface area contributed by atoms with E-state index in [1.165, 1.54) is 0 Å². The van der Waals surface area contributed by atoms with Gasteiger partial charge >= 0.3 is 0 Å². The number of aromatic nitrogens is 3. The Morgan fingerprint density at radius 1 is 1.46 bits per heavy atom. The van der Waals surface area contributed by atoms with E-state index in [1.807, 2.05) is 12.1 Å². The summed E-state index contributed by atoms with van der Waals surface area (Å²) in [7, 11) is 2.08. The predicted molar refractivity (Wildman–Crippen MR) is 95.3 cm³/mol. The second kappa shape index (κ2) is 9.40. The van der Waals surface area contributed by atoms with E-state index < -0.39 is 0 Å². The molecule has 0 aliphatic carbocycles. The third kappa shape index (κ3) is 5.60. The van der Waals surface area contributed by atoms with E-state index in [-0.39, 0.29) is 5.91 Å². The van der Waals surface area contributed by atoms with Gasteiger partial charge in [-0.05, 0) is 25.6 Å². The van der Waals surface area contributed by atoms with E-state index in [2.05, 4.69) is 32.4 Å². The highest BCUT2D eigenvalue weighted by Crippen LogP contribution is 2.14. The molecule has 1 fully saturated rings. The van der Waals surface area contributed by atoms with Crippen LogP contribution >= 0.6 is 0 Å². The zero-order chi connectivity index (χ0) is 18.2. The van der Waals surface area contributed by atoms with Crippen LogP contribution in [-0.2, 0) is 16.0 Å². The van der Waals surface area contributed by atoms with E-state index >= 15 is 0 Å². The summed E-state index contributed by atoms with van der Waals surface area (Å²) in [6.07, 6.45) is 5.07. The molecule has 0 radical (unpaired) electrons. The summed E-state index contributed by atoms with van der Waals surface area (Å²) in [6.45, 7) is 3.99. The van der Waals surface area contributed by atoms with Gasteiger partial charge in [-0.1, -0.05) is 5.16 Å². The Balaban J connectivity index is 1.37. The second-order valence-corrected chi connectivity index (χ2v) is 6.61. The molecule has 0 aromatic carbocycles. The van der Waals surface area contributed by atoms with Crippen molar-refractivity contribution in [2.75, 3.05) is 39.9 Å². The summed E-state index contributed by atoms with van der Waals surface area (Å²) in [5.41, 5.74) is 0.816. The van der Waals surface area contributed by atoms with Crippen molar-refractivity contribution in [1.29, 1.82) is 0 Å². The van der Waals surface area contributed by atoms with Crippen molar-refractivity contribution in [2.24, 2.45) is 5.92 Å². The van der Waals surface area contributed by atoms with Crippen LogP contribution in [0.25, 0.3) is 11.4 Å². The van der Waals surface area contributed by atoms with Gasteiger partial charge < -0.3 is 19.5 Å². The molecule has 3 heterocycles. The maximum atomic E-state index is 12.0. The fourth-order valence-electron chi connectivity index (χ4n) is 2.89. The first kappa shape index (κ1) is 18.5. The summed E-state index contributed by atoms with van der Waals surface area (Å²) < 4.78 is 10.8. The van der Waals surface area contributed by atoms with Crippen molar-refractivity contribution in [2.45, 2.75) is 19.3 Å². The van der Waals surface area contributed by atoms with Gasteiger partial charge in [-0.15, -0.1) is 0 Å². The first-order valence-electron chi connectivity index (χ1n) is 8.96. The molecule has 8 nitrogen and oxygen atoms in total. The molecule has 2 aromatic rings. The molecule has 140 valence electrons.